The normalized spacial score (nSPS) is 21.4. The van der Waals surface area contributed by atoms with Gasteiger partial charge in [-0.1, -0.05) is 6.92 Å². The highest BCUT2D eigenvalue weighted by molar-refractivity contribution is 7.12. The van der Waals surface area contributed by atoms with Gasteiger partial charge in [-0.25, -0.2) is 0 Å². The molecule has 3 heterocycles. The highest BCUT2D eigenvalue weighted by Crippen LogP contribution is 2.24. The Hall–Kier alpha value is -0.910. The predicted molar refractivity (Wildman–Crippen MR) is 77.8 cm³/mol. The Morgan fingerprint density at radius 3 is 2.84 bits per heavy atom. The number of carbonyl (C=O) groups is 1. The molecule has 1 aromatic rings. The van der Waals surface area contributed by atoms with Crippen molar-refractivity contribution in [1.29, 1.82) is 0 Å². The SMILES string of the molecule is CCc1ccsc1C(=O)N1CC(N2CCNCC2)C1. The van der Waals surface area contributed by atoms with Crippen LogP contribution < -0.4 is 5.32 Å². The Morgan fingerprint density at radius 1 is 1.42 bits per heavy atom. The fraction of sp³-hybridized carbons (Fsp3) is 0.643. The number of carbonyl (C=O) groups excluding carboxylic acids is 1. The summed E-state index contributed by atoms with van der Waals surface area (Å²) < 4.78 is 0. The second-order valence-corrected chi connectivity index (χ2v) is 6.19. The highest BCUT2D eigenvalue weighted by atomic mass is 32.1. The first kappa shape index (κ1) is 13.1. The first-order valence-electron chi connectivity index (χ1n) is 7.10. The summed E-state index contributed by atoms with van der Waals surface area (Å²) in [5, 5.41) is 5.40. The lowest BCUT2D eigenvalue weighted by Gasteiger charge is -2.46. The molecule has 0 saturated carbocycles. The van der Waals surface area contributed by atoms with Crippen molar-refractivity contribution in [2.45, 2.75) is 19.4 Å². The number of hydrogen-bond donors (Lipinski definition) is 1. The summed E-state index contributed by atoms with van der Waals surface area (Å²) in [4.78, 5) is 17.9. The van der Waals surface area contributed by atoms with E-state index >= 15 is 0 Å². The molecule has 0 radical (unpaired) electrons. The number of piperazine rings is 1. The summed E-state index contributed by atoms with van der Waals surface area (Å²) in [7, 11) is 0. The smallest absolute Gasteiger partial charge is 0.264 e. The molecule has 3 rings (SSSR count). The average Bonchev–Trinajstić information content (AvgIpc) is 2.86. The average molecular weight is 279 g/mol. The fourth-order valence-electron chi connectivity index (χ4n) is 2.84. The van der Waals surface area contributed by atoms with Gasteiger partial charge in [0, 0.05) is 45.3 Å². The van der Waals surface area contributed by atoms with Gasteiger partial charge in [-0.3, -0.25) is 9.69 Å². The van der Waals surface area contributed by atoms with Crippen molar-refractivity contribution in [3.8, 4) is 0 Å². The molecule has 4 nitrogen and oxygen atoms in total. The summed E-state index contributed by atoms with van der Waals surface area (Å²) >= 11 is 1.58. The Bertz CT molecular complexity index is 447. The molecule has 2 aliphatic heterocycles. The lowest BCUT2D eigenvalue weighted by atomic mass is 10.0. The maximum atomic E-state index is 12.4. The number of hydrogen-bond acceptors (Lipinski definition) is 4. The van der Waals surface area contributed by atoms with Crippen molar-refractivity contribution in [2.75, 3.05) is 39.3 Å². The van der Waals surface area contributed by atoms with E-state index in [0.29, 0.717) is 6.04 Å². The van der Waals surface area contributed by atoms with Crippen LogP contribution in [0.4, 0.5) is 0 Å². The van der Waals surface area contributed by atoms with Crippen LogP contribution >= 0.6 is 11.3 Å². The monoisotopic (exact) mass is 279 g/mol. The Morgan fingerprint density at radius 2 is 2.16 bits per heavy atom. The van der Waals surface area contributed by atoms with Gasteiger partial charge in [0.25, 0.3) is 5.91 Å². The summed E-state index contributed by atoms with van der Waals surface area (Å²) in [6.45, 7) is 8.31. The van der Waals surface area contributed by atoms with E-state index in [0.717, 1.165) is 50.6 Å². The van der Waals surface area contributed by atoms with E-state index in [1.54, 1.807) is 11.3 Å². The van der Waals surface area contributed by atoms with Gasteiger partial charge in [0.05, 0.1) is 4.88 Å². The molecule has 0 aromatic carbocycles. The zero-order valence-corrected chi connectivity index (χ0v) is 12.2. The molecule has 1 N–H and O–H groups in total. The summed E-state index contributed by atoms with van der Waals surface area (Å²) in [5.74, 6) is 0.234. The van der Waals surface area contributed by atoms with Gasteiger partial charge < -0.3 is 10.2 Å². The molecule has 2 saturated heterocycles. The first-order valence-corrected chi connectivity index (χ1v) is 7.98. The minimum absolute atomic E-state index is 0.234. The number of rotatable bonds is 3. The molecule has 5 heteroatoms. The molecule has 0 aliphatic carbocycles. The quantitative estimate of drug-likeness (QED) is 0.898. The second-order valence-electron chi connectivity index (χ2n) is 5.28. The third kappa shape index (κ3) is 2.55. The van der Waals surface area contributed by atoms with Crippen LogP contribution in [0.3, 0.4) is 0 Å². The molecule has 0 spiro atoms. The molecule has 2 aliphatic rings. The van der Waals surface area contributed by atoms with E-state index in [4.69, 9.17) is 0 Å². The van der Waals surface area contributed by atoms with Crippen molar-refractivity contribution in [2.24, 2.45) is 0 Å². The van der Waals surface area contributed by atoms with Crippen LogP contribution in [0.1, 0.15) is 22.2 Å². The molecule has 0 bridgehead atoms. The summed E-state index contributed by atoms with van der Waals surface area (Å²) in [6.07, 6.45) is 0.944. The van der Waals surface area contributed by atoms with Crippen molar-refractivity contribution in [3.05, 3.63) is 21.9 Å². The van der Waals surface area contributed by atoms with Crippen LogP contribution in [0.2, 0.25) is 0 Å². The van der Waals surface area contributed by atoms with E-state index in [1.165, 1.54) is 5.56 Å². The van der Waals surface area contributed by atoms with E-state index in [9.17, 15) is 4.79 Å². The van der Waals surface area contributed by atoms with Crippen LogP contribution in [0.25, 0.3) is 0 Å². The van der Waals surface area contributed by atoms with Crippen LogP contribution in [0, 0.1) is 0 Å². The summed E-state index contributed by atoms with van der Waals surface area (Å²) in [6, 6.07) is 2.65. The summed E-state index contributed by atoms with van der Waals surface area (Å²) in [5.41, 5.74) is 1.20. The molecule has 104 valence electrons. The van der Waals surface area contributed by atoms with E-state index in [1.807, 2.05) is 10.3 Å². The van der Waals surface area contributed by atoms with Crippen molar-refractivity contribution in [3.63, 3.8) is 0 Å². The number of nitrogens with zero attached hydrogens (tertiary/aromatic N) is 2. The molecular formula is C14H21N3OS. The van der Waals surface area contributed by atoms with Crippen molar-refractivity contribution in [1.82, 2.24) is 15.1 Å². The Labute approximate surface area is 118 Å². The third-order valence-electron chi connectivity index (χ3n) is 4.14. The third-order valence-corrected chi connectivity index (χ3v) is 5.08. The molecule has 19 heavy (non-hydrogen) atoms. The standard InChI is InChI=1S/C14H21N3OS/c1-2-11-3-8-19-13(11)14(18)17-9-12(10-17)16-6-4-15-5-7-16/h3,8,12,15H,2,4-7,9-10H2,1H3. The topological polar surface area (TPSA) is 35.6 Å². The molecule has 2 fully saturated rings. The molecule has 1 amide bonds. The number of amides is 1. The minimum Gasteiger partial charge on any atom is -0.335 e. The van der Waals surface area contributed by atoms with E-state index < -0.39 is 0 Å². The van der Waals surface area contributed by atoms with Crippen LogP contribution in [0.15, 0.2) is 11.4 Å². The van der Waals surface area contributed by atoms with Crippen molar-refractivity contribution < 1.29 is 4.79 Å². The van der Waals surface area contributed by atoms with Gasteiger partial charge >= 0.3 is 0 Å². The number of likely N-dealkylation sites (tertiary alicyclic amines) is 1. The Kier molecular flexibility index (Phi) is 3.86. The molecule has 0 atom stereocenters. The maximum absolute atomic E-state index is 12.4. The largest absolute Gasteiger partial charge is 0.335 e. The van der Waals surface area contributed by atoms with Crippen LogP contribution in [0.5, 0.6) is 0 Å². The van der Waals surface area contributed by atoms with E-state index in [-0.39, 0.29) is 5.91 Å². The van der Waals surface area contributed by atoms with Crippen molar-refractivity contribution >= 4 is 17.2 Å². The molecule has 1 aromatic heterocycles. The minimum atomic E-state index is 0.234. The zero-order valence-electron chi connectivity index (χ0n) is 11.4. The van der Waals surface area contributed by atoms with Gasteiger partial charge in [-0.2, -0.15) is 0 Å². The lowest BCUT2D eigenvalue weighted by Crippen LogP contribution is -2.63. The van der Waals surface area contributed by atoms with Gasteiger partial charge in [0.2, 0.25) is 0 Å². The Balaban J connectivity index is 1.56. The van der Waals surface area contributed by atoms with Gasteiger partial charge in [0.1, 0.15) is 0 Å². The number of nitrogens with one attached hydrogen (secondary N) is 1. The molecule has 0 unspecified atom stereocenters. The van der Waals surface area contributed by atoms with E-state index in [2.05, 4.69) is 23.2 Å². The second kappa shape index (κ2) is 5.61. The van der Waals surface area contributed by atoms with Gasteiger partial charge in [-0.05, 0) is 23.4 Å². The van der Waals surface area contributed by atoms with Crippen LogP contribution in [-0.2, 0) is 6.42 Å². The molecular weight excluding hydrogens is 258 g/mol. The fourth-order valence-corrected chi connectivity index (χ4v) is 3.81. The van der Waals surface area contributed by atoms with Gasteiger partial charge in [0.15, 0.2) is 0 Å². The van der Waals surface area contributed by atoms with Crippen LogP contribution in [-0.4, -0.2) is 61.0 Å². The zero-order chi connectivity index (χ0) is 13.2. The number of thiophene rings is 1. The number of aryl methyl sites for hydroxylation is 1. The lowest BCUT2D eigenvalue weighted by molar-refractivity contribution is 0.0230. The van der Waals surface area contributed by atoms with Gasteiger partial charge in [-0.15, -0.1) is 11.3 Å². The predicted octanol–water partition coefficient (Wildman–Crippen LogP) is 1.04. The maximum Gasteiger partial charge on any atom is 0.264 e. The first-order chi connectivity index (χ1) is 9.29. The highest BCUT2D eigenvalue weighted by Gasteiger charge is 2.36.